The molecule has 0 spiro atoms. The van der Waals surface area contributed by atoms with E-state index in [4.69, 9.17) is 4.74 Å². The molecule has 0 fully saturated rings. The fourth-order valence-corrected chi connectivity index (χ4v) is 3.91. The van der Waals surface area contributed by atoms with Crippen LogP contribution in [-0.2, 0) is 11.2 Å². The van der Waals surface area contributed by atoms with Crippen LogP contribution in [0.4, 0.5) is 21.9 Å². The van der Waals surface area contributed by atoms with Gasteiger partial charge >= 0.3 is 6.09 Å². The van der Waals surface area contributed by atoms with E-state index in [1.807, 2.05) is 53.6 Å². The monoisotopic (exact) mass is 482 g/mol. The first-order valence-corrected chi connectivity index (χ1v) is 10.8. The number of rotatable bonds is 3. The molecule has 0 aliphatic carbocycles. The standard InChI is InChI=1S/C23H23BrN4O3/c1-23(2,3)31-22(30)27-12-10-17-20(21(27)29)18(14-26-17)28(15-7-5-4-6-8-15)16-9-11-25-19(24)13-16/h4-9,11,13-14,26H,10,12H2,1-3H3. The third-order valence-electron chi connectivity index (χ3n) is 4.82. The van der Waals surface area contributed by atoms with Crippen molar-refractivity contribution < 1.29 is 14.3 Å². The third kappa shape index (κ3) is 4.34. The van der Waals surface area contributed by atoms with Crippen LogP contribution in [0.5, 0.6) is 0 Å². The van der Waals surface area contributed by atoms with Gasteiger partial charge in [-0.2, -0.15) is 0 Å². The van der Waals surface area contributed by atoms with Crippen molar-refractivity contribution in [1.82, 2.24) is 14.9 Å². The lowest BCUT2D eigenvalue weighted by Crippen LogP contribution is -2.44. The summed E-state index contributed by atoms with van der Waals surface area (Å²) in [7, 11) is 0. The molecule has 160 valence electrons. The van der Waals surface area contributed by atoms with Gasteiger partial charge in [-0.25, -0.2) is 14.7 Å². The van der Waals surface area contributed by atoms with Gasteiger partial charge in [0.15, 0.2) is 0 Å². The number of anilines is 3. The Kier molecular flexibility index (Phi) is 5.58. The van der Waals surface area contributed by atoms with Gasteiger partial charge in [0.25, 0.3) is 5.91 Å². The highest BCUT2D eigenvalue weighted by atomic mass is 79.9. The van der Waals surface area contributed by atoms with Crippen molar-refractivity contribution in [3.05, 3.63) is 70.7 Å². The molecule has 0 radical (unpaired) electrons. The molecule has 3 aromatic rings. The summed E-state index contributed by atoms with van der Waals surface area (Å²) in [6, 6.07) is 13.5. The number of nitrogens with one attached hydrogen (secondary N) is 1. The van der Waals surface area contributed by atoms with Gasteiger partial charge in [0.1, 0.15) is 10.2 Å². The molecule has 8 heteroatoms. The summed E-state index contributed by atoms with van der Waals surface area (Å²) in [5, 5.41) is 0. The molecule has 31 heavy (non-hydrogen) atoms. The van der Waals surface area contributed by atoms with Crippen molar-refractivity contribution in [2.75, 3.05) is 11.4 Å². The molecular weight excluding hydrogens is 460 g/mol. The van der Waals surface area contributed by atoms with Gasteiger partial charge in [0, 0.05) is 36.7 Å². The Hall–Kier alpha value is -3.13. The summed E-state index contributed by atoms with van der Waals surface area (Å²) >= 11 is 3.43. The van der Waals surface area contributed by atoms with Crippen molar-refractivity contribution in [3.63, 3.8) is 0 Å². The average molecular weight is 483 g/mol. The fourth-order valence-electron chi connectivity index (χ4n) is 3.55. The Morgan fingerprint density at radius 3 is 2.61 bits per heavy atom. The highest BCUT2D eigenvalue weighted by Gasteiger charge is 2.36. The average Bonchev–Trinajstić information content (AvgIpc) is 3.13. The molecule has 1 aliphatic rings. The number of nitrogens with zero attached hydrogens (tertiary/aromatic N) is 3. The zero-order chi connectivity index (χ0) is 22.2. The molecule has 4 rings (SSSR count). The lowest BCUT2D eigenvalue weighted by atomic mass is 10.0. The number of aromatic amines is 1. The molecule has 2 aromatic heterocycles. The largest absolute Gasteiger partial charge is 0.443 e. The molecule has 1 aromatic carbocycles. The van der Waals surface area contributed by atoms with Gasteiger partial charge in [-0.05, 0) is 61.0 Å². The number of ether oxygens (including phenoxy) is 1. The van der Waals surface area contributed by atoms with Crippen LogP contribution in [0.3, 0.4) is 0 Å². The van der Waals surface area contributed by atoms with Crippen molar-refractivity contribution >= 4 is 45.0 Å². The normalized spacial score (nSPS) is 13.7. The van der Waals surface area contributed by atoms with E-state index in [-0.39, 0.29) is 12.5 Å². The highest BCUT2D eigenvalue weighted by molar-refractivity contribution is 9.10. The first kappa shape index (κ1) is 21.1. The van der Waals surface area contributed by atoms with Crippen LogP contribution < -0.4 is 4.90 Å². The first-order chi connectivity index (χ1) is 14.7. The van der Waals surface area contributed by atoms with E-state index < -0.39 is 11.7 Å². The Balaban J connectivity index is 1.79. The SMILES string of the molecule is CC(C)(C)OC(=O)N1CCc2[nH]cc(N(c3ccccc3)c3ccnc(Br)c3)c2C1=O. The van der Waals surface area contributed by atoms with Crippen molar-refractivity contribution in [2.45, 2.75) is 32.8 Å². The molecule has 7 nitrogen and oxygen atoms in total. The van der Waals surface area contributed by atoms with E-state index >= 15 is 0 Å². The number of aromatic nitrogens is 2. The van der Waals surface area contributed by atoms with Crippen LogP contribution >= 0.6 is 15.9 Å². The van der Waals surface area contributed by atoms with E-state index in [0.29, 0.717) is 22.3 Å². The summed E-state index contributed by atoms with van der Waals surface area (Å²) in [5.41, 5.74) is 2.96. The molecule has 0 unspecified atom stereocenters. The summed E-state index contributed by atoms with van der Waals surface area (Å²) in [4.78, 5) is 36.7. The number of benzene rings is 1. The predicted octanol–water partition coefficient (Wildman–Crippen LogP) is 5.58. The number of amides is 2. The molecule has 0 atom stereocenters. The van der Waals surface area contributed by atoms with Gasteiger partial charge in [-0.1, -0.05) is 18.2 Å². The summed E-state index contributed by atoms with van der Waals surface area (Å²) < 4.78 is 6.13. The topological polar surface area (TPSA) is 78.5 Å². The summed E-state index contributed by atoms with van der Waals surface area (Å²) in [6.45, 7) is 5.62. The van der Waals surface area contributed by atoms with Crippen molar-refractivity contribution in [1.29, 1.82) is 0 Å². The number of para-hydroxylation sites is 1. The van der Waals surface area contributed by atoms with Crippen LogP contribution in [0.2, 0.25) is 0 Å². The predicted molar refractivity (Wildman–Crippen MR) is 122 cm³/mol. The second-order valence-electron chi connectivity index (χ2n) is 8.22. The quantitative estimate of drug-likeness (QED) is 0.493. The van der Waals surface area contributed by atoms with Crippen molar-refractivity contribution in [3.8, 4) is 0 Å². The smallest absolute Gasteiger partial charge is 0.417 e. The Morgan fingerprint density at radius 1 is 1.19 bits per heavy atom. The number of carbonyl (C=O) groups excluding carboxylic acids is 2. The highest BCUT2D eigenvalue weighted by Crippen LogP contribution is 2.40. The van der Waals surface area contributed by atoms with Crippen LogP contribution in [0, 0.1) is 0 Å². The molecule has 0 saturated heterocycles. The van der Waals surface area contributed by atoms with E-state index in [0.717, 1.165) is 17.1 Å². The molecule has 1 N–H and O–H groups in total. The number of hydrogen-bond donors (Lipinski definition) is 1. The minimum absolute atomic E-state index is 0.271. The number of carbonyl (C=O) groups is 2. The van der Waals surface area contributed by atoms with Gasteiger partial charge in [-0.3, -0.25) is 4.79 Å². The molecule has 1 aliphatic heterocycles. The maximum absolute atomic E-state index is 13.4. The van der Waals surface area contributed by atoms with E-state index in [9.17, 15) is 9.59 Å². The zero-order valence-corrected chi connectivity index (χ0v) is 19.1. The number of hydrogen-bond acceptors (Lipinski definition) is 5. The summed E-state index contributed by atoms with van der Waals surface area (Å²) in [6.07, 6.45) is 3.41. The number of fused-ring (bicyclic) bond motifs is 1. The van der Waals surface area contributed by atoms with Crippen LogP contribution in [0.1, 0.15) is 36.8 Å². The van der Waals surface area contributed by atoms with Crippen LogP contribution in [-0.4, -0.2) is 39.0 Å². The second-order valence-corrected chi connectivity index (χ2v) is 9.03. The summed E-state index contributed by atoms with van der Waals surface area (Å²) in [5.74, 6) is -0.374. The van der Waals surface area contributed by atoms with Gasteiger partial charge in [-0.15, -0.1) is 0 Å². The fraction of sp³-hybridized carbons (Fsp3) is 0.261. The minimum atomic E-state index is -0.683. The second kappa shape index (κ2) is 8.19. The van der Waals surface area contributed by atoms with Gasteiger partial charge in [0.2, 0.25) is 0 Å². The van der Waals surface area contributed by atoms with E-state index in [2.05, 4.69) is 25.9 Å². The number of H-pyrrole nitrogens is 1. The zero-order valence-electron chi connectivity index (χ0n) is 17.6. The number of pyridine rings is 1. The third-order valence-corrected chi connectivity index (χ3v) is 5.26. The van der Waals surface area contributed by atoms with E-state index in [1.165, 1.54) is 4.90 Å². The van der Waals surface area contributed by atoms with Gasteiger partial charge < -0.3 is 14.6 Å². The Bertz CT molecular complexity index is 1120. The first-order valence-electron chi connectivity index (χ1n) is 9.96. The van der Waals surface area contributed by atoms with Gasteiger partial charge in [0.05, 0.1) is 16.9 Å². The van der Waals surface area contributed by atoms with Crippen LogP contribution in [0.25, 0.3) is 0 Å². The number of halogens is 1. The molecule has 2 amide bonds. The Morgan fingerprint density at radius 2 is 1.94 bits per heavy atom. The lowest BCUT2D eigenvalue weighted by molar-refractivity contribution is 0.0233. The Labute approximate surface area is 189 Å². The maximum Gasteiger partial charge on any atom is 0.417 e. The molecule has 0 saturated carbocycles. The van der Waals surface area contributed by atoms with Crippen LogP contribution in [0.15, 0.2) is 59.5 Å². The van der Waals surface area contributed by atoms with E-state index in [1.54, 1.807) is 27.0 Å². The molecule has 0 bridgehead atoms. The van der Waals surface area contributed by atoms with Crippen molar-refractivity contribution in [2.24, 2.45) is 0 Å². The minimum Gasteiger partial charge on any atom is -0.443 e. The molecule has 3 heterocycles. The maximum atomic E-state index is 13.4. The number of imide groups is 1. The lowest BCUT2D eigenvalue weighted by Gasteiger charge is -2.31. The molecular formula is C23H23BrN4O3.